The van der Waals surface area contributed by atoms with E-state index >= 15 is 0 Å². The molecule has 0 aliphatic rings. The standard InChI is InChI=1S/C18H17FN2O2S/c1-10(2)16-18(24(22)23)17(21-11(3)20-16)14-8-9-15(19)13-7-5-4-6-12(13)14/h4-10H,1-3H3,(H,22,23). The molecular formula is C18H17FN2O2S. The minimum absolute atomic E-state index is 0.0386. The van der Waals surface area contributed by atoms with Gasteiger partial charge in [0.25, 0.3) is 0 Å². The van der Waals surface area contributed by atoms with Gasteiger partial charge in [-0.15, -0.1) is 0 Å². The van der Waals surface area contributed by atoms with Crippen molar-refractivity contribution in [2.75, 3.05) is 0 Å². The molecule has 6 heteroatoms. The summed E-state index contributed by atoms with van der Waals surface area (Å²) in [6, 6.07) is 9.98. The summed E-state index contributed by atoms with van der Waals surface area (Å²) in [5.41, 5.74) is 1.53. The predicted octanol–water partition coefficient (Wildman–Crippen LogP) is 4.45. The number of hydrogen-bond donors (Lipinski definition) is 1. The van der Waals surface area contributed by atoms with Crippen molar-refractivity contribution in [1.29, 1.82) is 0 Å². The van der Waals surface area contributed by atoms with Gasteiger partial charge >= 0.3 is 0 Å². The Bertz CT molecular complexity index is 957. The van der Waals surface area contributed by atoms with Crippen LogP contribution in [0.1, 0.15) is 31.3 Å². The molecule has 0 aliphatic carbocycles. The van der Waals surface area contributed by atoms with Gasteiger partial charge in [-0.2, -0.15) is 0 Å². The quantitative estimate of drug-likeness (QED) is 0.713. The van der Waals surface area contributed by atoms with Gasteiger partial charge in [0.2, 0.25) is 0 Å². The van der Waals surface area contributed by atoms with Crippen LogP contribution in [-0.4, -0.2) is 18.7 Å². The van der Waals surface area contributed by atoms with Crippen LogP contribution in [0.2, 0.25) is 0 Å². The van der Waals surface area contributed by atoms with Crippen molar-refractivity contribution in [3.8, 4) is 11.3 Å². The van der Waals surface area contributed by atoms with Crippen LogP contribution in [0.4, 0.5) is 4.39 Å². The zero-order valence-corrected chi connectivity index (χ0v) is 14.4. The Balaban J connectivity index is 2.43. The molecule has 3 aromatic rings. The topological polar surface area (TPSA) is 63.1 Å². The maximum atomic E-state index is 14.1. The molecule has 0 saturated heterocycles. The number of benzene rings is 2. The van der Waals surface area contributed by atoms with Crippen LogP contribution in [0.3, 0.4) is 0 Å². The number of rotatable bonds is 3. The summed E-state index contributed by atoms with van der Waals surface area (Å²) in [6.45, 7) is 5.56. The molecule has 1 heterocycles. The van der Waals surface area contributed by atoms with Gasteiger partial charge in [0.05, 0.1) is 11.4 Å². The second-order valence-electron chi connectivity index (χ2n) is 5.88. The predicted molar refractivity (Wildman–Crippen MR) is 92.8 cm³/mol. The van der Waals surface area contributed by atoms with Gasteiger partial charge < -0.3 is 4.55 Å². The third-order valence-corrected chi connectivity index (χ3v) is 4.60. The van der Waals surface area contributed by atoms with Crippen molar-refractivity contribution >= 4 is 21.9 Å². The highest BCUT2D eigenvalue weighted by Crippen LogP contribution is 2.35. The smallest absolute Gasteiger partial charge is 0.190 e. The second kappa shape index (κ2) is 6.37. The molecule has 2 aromatic carbocycles. The lowest BCUT2D eigenvalue weighted by Gasteiger charge is -2.15. The molecule has 0 spiro atoms. The summed E-state index contributed by atoms with van der Waals surface area (Å²) < 4.78 is 35.9. The minimum atomic E-state index is -2.25. The average Bonchev–Trinajstić information content (AvgIpc) is 2.54. The fraction of sp³-hybridized carbons (Fsp3) is 0.222. The summed E-state index contributed by atoms with van der Waals surface area (Å²) in [5, 5.41) is 1.10. The zero-order valence-electron chi connectivity index (χ0n) is 13.6. The van der Waals surface area contributed by atoms with E-state index in [0.29, 0.717) is 33.5 Å². The summed E-state index contributed by atoms with van der Waals surface area (Å²) in [4.78, 5) is 8.93. The maximum Gasteiger partial charge on any atom is 0.190 e. The molecule has 0 saturated carbocycles. The van der Waals surface area contributed by atoms with Gasteiger partial charge in [-0.05, 0) is 30.4 Å². The van der Waals surface area contributed by atoms with Gasteiger partial charge in [0.15, 0.2) is 11.1 Å². The average molecular weight is 344 g/mol. The van der Waals surface area contributed by atoms with E-state index in [9.17, 15) is 13.2 Å². The van der Waals surface area contributed by atoms with E-state index in [1.807, 2.05) is 13.8 Å². The lowest BCUT2D eigenvalue weighted by molar-refractivity contribution is 0.560. The number of aromatic nitrogens is 2. The Morgan fingerprint density at radius 1 is 1.08 bits per heavy atom. The minimum Gasteiger partial charge on any atom is -0.302 e. The van der Waals surface area contributed by atoms with Gasteiger partial charge in [0.1, 0.15) is 16.5 Å². The first kappa shape index (κ1) is 16.7. The number of hydrogen-bond acceptors (Lipinski definition) is 3. The van der Waals surface area contributed by atoms with Crippen LogP contribution in [-0.2, 0) is 11.1 Å². The first-order valence-corrected chi connectivity index (χ1v) is 8.67. The molecule has 24 heavy (non-hydrogen) atoms. The van der Waals surface area contributed by atoms with Crippen LogP contribution in [0.25, 0.3) is 22.0 Å². The Morgan fingerprint density at radius 3 is 2.38 bits per heavy atom. The Labute approximate surface area is 142 Å². The monoisotopic (exact) mass is 344 g/mol. The SMILES string of the molecule is Cc1nc(-c2ccc(F)c3ccccc23)c(S(=O)O)c(C(C)C)n1. The highest BCUT2D eigenvalue weighted by Gasteiger charge is 2.22. The highest BCUT2D eigenvalue weighted by atomic mass is 32.2. The van der Waals surface area contributed by atoms with Crippen molar-refractivity contribution in [1.82, 2.24) is 9.97 Å². The van der Waals surface area contributed by atoms with Crippen LogP contribution < -0.4 is 0 Å². The third-order valence-electron chi connectivity index (χ3n) is 3.85. The molecule has 0 amide bonds. The van der Waals surface area contributed by atoms with E-state index in [1.54, 1.807) is 37.3 Å². The van der Waals surface area contributed by atoms with Gasteiger partial charge in [-0.1, -0.05) is 38.1 Å². The summed E-state index contributed by atoms with van der Waals surface area (Å²) in [7, 11) is 0. The van der Waals surface area contributed by atoms with E-state index in [4.69, 9.17) is 0 Å². The fourth-order valence-corrected chi connectivity index (χ4v) is 3.58. The molecule has 124 valence electrons. The normalized spacial score (nSPS) is 12.8. The lowest BCUT2D eigenvalue weighted by atomic mass is 9.99. The van der Waals surface area contributed by atoms with E-state index < -0.39 is 11.1 Å². The molecule has 0 aliphatic heterocycles. The Morgan fingerprint density at radius 2 is 1.75 bits per heavy atom. The highest BCUT2D eigenvalue weighted by molar-refractivity contribution is 7.79. The summed E-state index contributed by atoms with van der Waals surface area (Å²) in [5.74, 6) is 0.135. The molecule has 1 N–H and O–H groups in total. The Kier molecular flexibility index (Phi) is 4.43. The largest absolute Gasteiger partial charge is 0.302 e. The molecule has 1 atom stereocenters. The van der Waals surface area contributed by atoms with Gasteiger partial charge in [-0.25, -0.2) is 18.6 Å². The van der Waals surface area contributed by atoms with E-state index in [-0.39, 0.29) is 16.6 Å². The van der Waals surface area contributed by atoms with Crippen LogP contribution in [0.5, 0.6) is 0 Å². The van der Waals surface area contributed by atoms with Gasteiger partial charge in [0, 0.05) is 10.9 Å². The molecule has 0 radical (unpaired) electrons. The van der Waals surface area contributed by atoms with Crippen molar-refractivity contribution in [2.45, 2.75) is 31.6 Å². The molecule has 1 aromatic heterocycles. The van der Waals surface area contributed by atoms with Gasteiger partial charge in [-0.3, -0.25) is 0 Å². The molecule has 4 nitrogen and oxygen atoms in total. The van der Waals surface area contributed by atoms with E-state index in [2.05, 4.69) is 9.97 Å². The molecule has 3 rings (SSSR count). The number of aryl methyl sites for hydroxylation is 1. The fourth-order valence-electron chi connectivity index (χ4n) is 2.80. The summed E-state index contributed by atoms with van der Waals surface area (Å²) >= 11 is -2.25. The van der Waals surface area contributed by atoms with Crippen molar-refractivity contribution in [3.63, 3.8) is 0 Å². The second-order valence-corrected chi connectivity index (χ2v) is 6.78. The van der Waals surface area contributed by atoms with E-state index in [1.165, 1.54) is 6.07 Å². The van der Waals surface area contributed by atoms with Crippen LogP contribution >= 0.6 is 0 Å². The molecule has 0 bridgehead atoms. The first-order valence-electron chi connectivity index (χ1n) is 7.57. The third kappa shape index (κ3) is 2.83. The lowest BCUT2D eigenvalue weighted by Crippen LogP contribution is -2.09. The zero-order chi connectivity index (χ0) is 17.4. The maximum absolute atomic E-state index is 14.1. The molecule has 1 unspecified atom stereocenters. The van der Waals surface area contributed by atoms with Crippen molar-refractivity contribution in [3.05, 3.63) is 53.7 Å². The Hall–Kier alpha value is -2.18. The summed E-state index contributed by atoms with van der Waals surface area (Å²) in [6.07, 6.45) is 0. The van der Waals surface area contributed by atoms with Crippen LogP contribution in [0.15, 0.2) is 41.3 Å². The number of fused-ring (bicyclic) bond motifs is 1. The van der Waals surface area contributed by atoms with Crippen molar-refractivity contribution in [2.24, 2.45) is 0 Å². The van der Waals surface area contributed by atoms with Crippen LogP contribution in [0, 0.1) is 12.7 Å². The van der Waals surface area contributed by atoms with E-state index in [0.717, 1.165) is 0 Å². The first-order chi connectivity index (χ1) is 11.4. The molecule has 0 fully saturated rings. The number of halogens is 1. The van der Waals surface area contributed by atoms with Crippen molar-refractivity contribution < 1.29 is 13.2 Å². The number of nitrogens with zero attached hydrogens (tertiary/aromatic N) is 2. The molecular weight excluding hydrogens is 327 g/mol.